The van der Waals surface area contributed by atoms with Crippen LogP contribution in [0.4, 0.5) is 0 Å². The molecule has 3 fully saturated rings. The van der Waals surface area contributed by atoms with Crippen LogP contribution in [0.25, 0.3) is 0 Å². The number of piperazine rings is 1. The molecule has 5 atom stereocenters. The van der Waals surface area contributed by atoms with E-state index in [0.29, 0.717) is 31.6 Å². The average molecular weight is 451 g/mol. The zero-order valence-electron chi connectivity index (χ0n) is 18.9. The molecule has 0 spiro atoms. The van der Waals surface area contributed by atoms with Gasteiger partial charge in [-0.1, -0.05) is 6.07 Å². The number of fused-ring (bicyclic) bond motifs is 3. The van der Waals surface area contributed by atoms with Gasteiger partial charge in [-0.05, 0) is 55.4 Å². The summed E-state index contributed by atoms with van der Waals surface area (Å²) in [6, 6.07) is 6.75. The first-order valence-electron chi connectivity index (χ1n) is 11.8. The molecule has 1 aromatic rings. The molecule has 3 saturated heterocycles. The smallest absolute Gasteiger partial charge is 0.251 e. The number of benzene rings is 1. The highest BCUT2D eigenvalue weighted by Crippen LogP contribution is 2.44. The molecule has 9 nitrogen and oxygen atoms in total. The first kappa shape index (κ1) is 21.9. The maximum Gasteiger partial charge on any atom is 0.251 e. The number of amides is 3. The second-order valence-electron chi connectivity index (χ2n) is 9.58. The lowest BCUT2D eigenvalue weighted by Gasteiger charge is -2.38. The third-order valence-electron chi connectivity index (χ3n) is 7.76. The van der Waals surface area contributed by atoms with Gasteiger partial charge in [0, 0.05) is 38.3 Å². The predicted molar refractivity (Wildman–Crippen MR) is 120 cm³/mol. The Morgan fingerprint density at radius 3 is 2.85 bits per heavy atom. The van der Waals surface area contributed by atoms with Gasteiger partial charge in [0.1, 0.15) is 6.04 Å². The van der Waals surface area contributed by atoms with Gasteiger partial charge in [-0.15, -0.1) is 0 Å². The molecule has 4 aliphatic rings. The summed E-state index contributed by atoms with van der Waals surface area (Å²) in [5.74, 6) is -0.188. The summed E-state index contributed by atoms with van der Waals surface area (Å²) in [6.45, 7) is 1.62. The summed E-state index contributed by atoms with van der Waals surface area (Å²) >= 11 is 0. The van der Waals surface area contributed by atoms with Crippen molar-refractivity contribution in [3.8, 4) is 6.07 Å². The van der Waals surface area contributed by atoms with E-state index in [0.717, 1.165) is 36.8 Å². The molecule has 0 radical (unpaired) electrons. The molecule has 3 heterocycles. The molecular weight excluding hydrogens is 420 g/mol. The number of likely N-dealkylation sites (tertiary alicyclic amines) is 3. The van der Waals surface area contributed by atoms with E-state index >= 15 is 0 Å². The summed E-state index contributed by atoms with van der Waals surface area (Å²) in [5.41, 5.74) is 9.16. The Hall–Kier alpha value is -2.96. The molecule has 33 heavy (non-hydrogen) atoms. The number of nitrogens with one attached hydrogen (secondary N) is 1. The molecule has 174 valence electrons. The molecule has 3 N–H and O–H groups in total. The van der Waals surface area contributed by atoms with Crippen molar-refractivity contribution in [3.05, 3.63) is 34.9 Å². The fourth-order valence-corrected chi connectivity index (χ4v) is 6.18. The molecule has 1 unspecified atom stereocenters. The number of nitriles is 1. The van der Waals surface area contributed by atoms with Crippen LogP contribution in [0.2, 0.25) is 0 Å². The standard InChI is InChI=1S/C24H30N6O3/c1-27-22(31)15-4-6-18-14(9-15)5-7-20(18)30-17-10-21(24(30)33)28(12-17)13-19(26)23(32)29-8-2-3-16(29)11-25/h4,6,9,16-17,19-21H,2-3,5,7-8,10,12-13,26H2,1H3,(H,27,31)/t16-,17?,19-,20+,21-/m0/s1. The summed E-state index contributed by atoms with van der Waals surface area (Å²) in [5, 5.41) is 11.9. The molecule has 3 aliphatic heterocycles. The average Bonchev–Trinajstić information content (AvgIpc) is 3.60. The Labute approximate surface area is 193 Å². The zero-order chi connectivity index (χ0) is 23.3. The number of carbonyl (C=O) groups excluding carboxylic acids is 3. The molecule has 9 heteroatoms. The maximum atomic E-state index is 13.3. The lowest BCUT2D eigenvalue weighted by atomic mass is 10.0. The molecule has 2 bridgehead atoms. The summed E-state index contributed by atoms with van der Waals surface area (Å²) in [7, 11) is 1.62. The molecule has 0 saturated carbocycles. The normalized spacial score (nSPS) is 29.3. The summed E-state index contributed by atoms with van der Waals surface area (Å²) < 4.78 is 0. The van der Waals surface area contributed by atoms with Crippen LogP contribution >= 0.6 is 0 Å². The highest BCUT2D eigenvalue weighted by Gasteiger charge is 2.53. The van der Waals surface area contributed by atoms with Gasteiger partial charge in [-0.2, -0.15) is 5.26 Å². The highest BCUT2D eigenvalue weighted by molar-refractivity contribution is 5.94. The molecule has 1 aliphatic carbocycles. The summed E-state index contributed by atoms with van der Waals surface area (Å²) in [4.78, 5) is 43.8. The van der Waals surface area contributed by atoms with Crippen LogP contribution in [0.1, 0.15) is 53.2 Å². The van der Waals surface area contributed by atoms with Crippen molar-refractivity contribution in [2.75, 3.05) is 26.7 Å². The molecule has 5 rings (SSSR count). The van der Waals surface area contributed by atoms with E-state index in [1.165, 1.54) is 0 Å². The Morgan fingerprint density at radius 1 is 1.30 bits per heavy atom. The quantitative estimate of drug-likeness (QED) is 0.659. The molecule has 0 aromatic heterocycles. The maximum absolute atomic E-state index is 13.3. The van der Waals surface area contributed by atoms with E-state index in [1.54, 1.807) is 11.9 Å². The minimum Gasteiger partial charge on any atom is -0.355 e. The van der Waals surface area contributed by atoms with E-state index in [2.05, 4.69) is 11.4 Å². The topological polar surface area (TPSA) is 123 Å². The van der Waals surface area contributed by atoms with Gasteiger partial charge in [-0.3, -0.25) is 19.3 Å². The Bertz CT molecular complexity index is 1040. The molecular formula is C24H30N6O3. The third kappa shape index (κ3) is 3.58. The minimum atomic E-state index is -0.727. The van der Waals surface area contributed by atoms with Gasteiger partial charge < -0.3 is 20.9 Å². The Morgan fingerprint density at radius 2 is 2.12 bits per heavy atom. The van der Waals surface area contributed by atoms with Crippen molar-refractivity contribution in [2.45, 2.75) is 62.3 Å². The predicted octanol–water partition coefficient (Wildman–Crippen LogP) is 0.160. The molecule has 1 aromatic carbocycles. The number of nitrogens with zero attached hydrogens (tertiary/aromatic N) is 4. The minimum absolute atomic E-state index is 0.0414. The van der Waals surface area contributed by atoms with Crippen molar-refractivity contribution < 1.29 is 14.4 Å². The van der Waals surface area contributed by atoms with Crippen LogP contribution in [0.15, 0.2) is 18.2 Å². The number of rotatable bonds is 5. The van der Waals surface area contributed by atoms with E-state index in [4.69, 9.17) is 5.73 Å². The van der Waals surface area contributed by atoms with Crippen molar-refractivity contribution >= 4 is 17.7 Å². The highest BCUT2D eigenvalue weighted by atomic mass is 16.2. The molecule has 3 amide bonds. The van der Waals surface area contributed by atoms with Crippen molar-refractivity contribution in [2.24, 2.45) is 5.73 Å². The number of aryl methyl sites for hydroxylation is 1. The number of nitrogens with two attached hydrogens (primary N) is 1. The fourth-order valence-electron chi connectivity index (χ4n) is 6.18. The van der Waals surface area contributed by atoms with Gasteiger partial charge in [0.05, 0.1) is 24.2 Å². The van der Waals surface area contributed by atoms with Crippen molar-refractivity contribution in [3.63, 3.8) is 0 Å². The van der Waals surface area contributed by atoms with Crippen LogP contribution in [0.5, 0.6) is 0 Å². The summed E-state index contributed by atoms with van der Waals surface area (Å²) in [6.07, 6.45) is 4.00. The third-order valence-corrected chi connectivity index (χ3v) is 7.76. The number of carbonyl (C=O) groups is 3. The first-order valence-corrected chi connectivity index (χ1v) is 11.8. The SMILES string of the molecule is CNC(=O)c1ccc2c(c1)CC[C@H]2N1C(=O)[C@@H]2CC1CN2C[C@H](N)C(=O)N1CCC[C@H]1C#N. The van der Waals surface area contributed by atoms with E-state index in [-0.39, 0.29) is 41.9 Å². The van der Waals surface area contributed by atoms with Gasteiger partial charge in [0.15, 0.2) is 0 Å². The van der Waals surface area contributed by atoms with E-state index in [9.17, 15) is 19.6 Å². The van der Waals surface area contributed by atoms with Crippen molar-refractivity contribution in [1.29, 1.82) is 5.26 Å². The van der Waals surface area contributed by atoms with E-state index in [1.807, 2.05) is 28.0 Å². The number of hydrogen-bond acceptors (Lipinski definition) is 6. The van der Waals surface area contributed by atoms with E-state index < -0.39 is 6.04 Å². The van der Waals surface area contributed by atoms with Crippen LogP contribution in [-0.2, 0) is 16.0 Å². The second kappa shape index (κ2) is 8.43. The fraction of sp³-hybridized carbons (Fsp3) is 0.583. The zero-order valence-corrected chi connectivity index (χ0v) is 18.9. The van der Waals surface area contributed by atoms with Crippen LogP contribution in [-0.4, -0.2) is 83.3 Å². The van der Waals surface area contributed by atoms with Gasteiger partial charge >= 0.3 is 0 Å². The second-order valence-corrected chi connectivity index (χ2v) is 9.58. The Kier molecular flexibility index (Phi) is 5.59. The lowest BCUT2D eigenvalue weighted by molar-refractivity contribution is -0.141. The lowest BCUT2D eigenvalue weighted by Crippen LogP contribution is -2.56. The van der Waals surface area contributed by atoms with Crippen LogP contribution < -0.4 is 11.1 Å². The first-order chi connectivity index (χ1) is 15.9. The number of hydrogen-bond donors (Lipinski definition) is 2. The van der Waals surface area contributed by atoms with Gasteiger partial charge in [0.2, 0.25) is 11.8 Å². The monoisotopic (exact) mass is 450 g/mol. The van der Waals surface area contributed by atoms with Gasteiger partial charge in [0.25, 0.3) is 5.91 Å². The largest absolute Gasteiger partial charge is 0.355 e. The van der Waals surface area contributed by atoms with Gasteiger partial charge in [-0.25, -0.2) is 0 Å². The van der Waals surface area contributed by atoms with Crippen LogP contribution in [0.3, 0.4) is 0 Å². The van der Waals surface area contributed by atoms with Crippen molar-refractivity contribution in [1.82, 2.24) is 20.0 Å². The van der Waals surface area contributed by atoms with Crippen LogP contribution in [0, 0.1) is 11.3 Å². The Balaban J connectivity index is 1.25.